The molecule has 0 saturated carbocycles. The van der Waals surface area contributed by atoms with E-state index >= 15 is 0 Å². The van der Waals surface area contributed by atoms with Crippen LogP contribution in [-0.2, 0) is 4.79 Å². The second kappa shape index (κ2) is 6.86. The number of carbonyl (C=O) groups excluding carboxylic acids is 1. The first-order valence-corrected chi connectivity index (χ1v) is 5.81. The SMILES string of the molecule is CCCCC(CC)C(=O)N(C)C(C)C. The van der Waals surface area contributed by atoms with E-state index in [1.807, 2.05) is 11.9 Å². The van der Waals surface area contributed by atoms with Crippen LogP contribution in [0.1, 0.15) is 53.4 Å². The lowest BCUT2D eigenvalue weighted by atomic mass is 9.97. The van der Waals surface area contributed by atoms with Crippen molar-refractivity contribution >= 4 is 5.91 Å². The van der Waals surface area contributed by atoms with E-state index in [1.165, 1.54) is 6.42 Å². The number of amides is 1. The van der Waals surface area contributed by atoms with Gasteiger partial charge in [0.15, 0.2) is 0 Å². The van der Waals surface area contributed by atoms with E-state index < -0.39 is 0 Å². The molecule has 0 saturated heterocycles. The Labute approximate surface area is 88.7 Å². The van der Waals surface area contributed by atoms with Crippen LogP contribution < -0.4 is 0 Å². The molecule has 0 heterocycles. The van der Waals surface area contributed by atoms with Crippen LogP contribution in [0.2, 0.25) is 0 Å². The first kappa shape index (κ1) is 13.5. The maximum Gasteiger partial charge on any atom is 0.225 e. The molecule has 2 nitrogen and oxygen atoms in total. The zero-order valence-electron chi connectivity index (χ0n) is 10.3. The van der Waals surface area contributed by atoms with E-state index in [-0.39, 0.29) is 5.92 Å². The highest BCUT2D eigenvalue weighted by Gasteiger charge is 2.20. The smallest absolute Gasteiger partial charge is 0.225 e. The van der Waals surface area contributed by atoms with E-state index in [1.54, 1.807) is 0 Å². The van der Waals surface area contributed by atoms with Crippen LogP contribution in [0.15, 0.2) is 0 Å². The van der Waals surface area contributed by atoms with E-state index in [4.69, 9.17) is 0 Å². The van der Waals surface area contributed by atoms with Gasteiger partial charge in [-0.15, -0.1) is 0 Å². The minimum Gasteiger partial charge on any atom is -0.343 e. The van der Waals surface area contributed by atoms with Gasteiger partial charge in [0.25, 0.3) is 0 Å². The van der Waals surface area contributed by atoms with Gasteiger partial charge in [0.2, 0.25) is 5.91 Å². The zero-order valence-corrected chi connectivity index (χ0v) is 10.3. The predicted molar refractivity (Wildman–Crippen MR) is 61.2 cm³/mol. The van der Waals surface area contributed by atoms with Gasteiger partial charge in [0, 0.05) is 19.0 Å². The Hall–Kier alpha value is -0.530. The molecule has 0 aliphatic heterocycles. The first-order chi connectivity index (χ1) is 6.54. The van der Waals surface area contributed by atoms with Gasteiger partial charge >= 0.3 is 0 Å². The number of carbonyl (C=O) groups is 1. The highest BCUT2D eigenvalue weighted by Crippen LogP contribution is 2.16. The molecular weight excluding hydrogens is 174 g/mol. The maximum absolute atomic E-state index is 11.9. The lowest BCUT2D eigenvalue weighted by Crippen LogP contribution is -2.37. The molecule has 1 amide bonds. The monoisotopic (exact) mass is 199 g/mol. The molecule has 0 aromatic rings. The molecular formula is C12H25NO. The van der Waals surface area contributed by atoms with Crippen molar-refractivity contribution in [3.63, 3.8) is 0 Å². The third-order valence-corrected chi connectivity index (χ3v) is 2.87. The zero-order chi connectivity index (χ0) is 11.1. The van der Waals surface area contributed by atoms with Crippen LogP contribution in [0.3, 0.4) is 0 Å². The summed E-state index contributed by atoms with van der Waals surface area (Å²) in [7, 11) is 1.90. The van der Waals surface area contributed by atoms with Crippen molar-refractivity contribution in [1.82, 2.24) is 4.90 Å². The molecule has 1 unspecified atom stereocenters. The summed E-state index contributed by atoms with van der Waals surface area (Å²) in [5, 5.41) is 0. The van der Waals surface area contributed by atoms with Crippen molar-refractivity contribution in [1.29, 1.82) is 0 Å². The fraction of sp³-hybridized carbons (Fsp3) is 0.917. The summed E-state index contributed by atoms with van der Waals surface area (Å²) >= 11 is 0. The van der Waals surface area contributed by atoms with Crippen LogP contribution >= 0.6 is 0 Å². The predicted octanol–water partition coefficient (Wildman–Crippen LogP) is 3.07. The van der Waals surface area contributed by atoms with Gasteiger partial charge in [0.1, 0.15) is 0 Å². The molecule has 0 aliphatic carbocycles. The van der Waals surface area contributed by atoms with Gasteiger partial charge in [-0.3, -0.25) is 4.79 Å². The lowest BCUT2D eigenvalue weighted by molar-refractivity contribution is -0.136. The average Bonchev–Trinajstić information content (AvgIpc) is 2.17. The summed E-state index contributed by atoms with van der Waals surface area (Å²) < 4.78 is 0. The van der Waals surface area contributed by atoms with Gasteiger partial charge in [0.05, 0.1) is 0 Å². The third kappa shape index (κ3) is 4.12. The largest absolute Gasteiger partial charge is 0.343 e. The van der Waals surface area contributed by atoms with Gasteiger partial charge < -0.3 is 4.90 Å². The molecule has 1 atom stereocenters. The molecule has 0 aromatic heterocycles. The van der Waals surface area contributed by atoms with E-state index in [2.05, 4.69) is 27.7 Å². The first-order valence-electron chi connectivity index (χ1n) is 5.81. The normalized spacial score (nSPS) is 13.0. The summed E-state index contributed by atoms with van der Waals surface area (Å²) in [6.45, 7) is 8.39. The maximum atomic E-state index is 11.9. The van der Waals surface area contributed by atoms with Crippen molar-refractivity contribution in [2.75, 3.05) is 7.05 Å². The Morgan fingerprint density at radius 3 is 2.21 bits per heavy atom. The Balaban J connectivity index is 4.16. The minimum absolute atomic E-state index is 0.238. The standard InChI is InChI=1S/C12H25NO/c1-6-8-9-11(7-2)12(14)13(5)10(3)4/h10-11H,6-9H2,1-5H3. The Kier molecular flexibility index (Phi) is 6.60. The summed E-state index contributed by atoms with van der Waals surface area (Å²) in [4.78, 5) is 13.8. The second-order valence-electron chi connectivity index (χ2n) is 4.29. The average molecular weight is 199 g/mol. The van der Waals surface area contributed by atoms with E-state index in [0.29, 0.717) is 11.9 Å². The van der Waals surface area contributed by atoms with Crippen molar-refractivity contribution in [2.24, 2.45) is 5.92 Å². The minimum atomic E-state index is 0.238. The van der Waals surface area contributed by atoms with Crippen molar-refractivity contribution in [3.05, 3.63) is 0 Å². The Morgan fingerprint density at radius 2 is 1.86 bits per heavy atom. The summed E-state index contributed by atoms with van der Waals surface area (Å²) in [5.41, 5.74) is 0. The number of hydrogen-bond acceptors (Lipinski definition) is 1. The molecule has 0 fully saturated rings. The molecule has 0 aliphatic rings. The Bertz CT molecular complexity index is 166. The topological polar surface area (TPSA) is 20.3 Å². The fourth-order valence-corrected chi connectivity index (χ4v) is 1.50. The van der Waals surface area contributed by atoms with E-state index in [0.717, 1.165) is 19.3 Å². The summed E-state index contributed by atoms with van der Waals surface area (Å²) in [6.07, 6.45) is 4.35. The Morgan fingerprint density at radius 1 is 1.29 bits per heavy atom. The van der Waals surface area contributed by atoms with Crippen molar-refractivity contribution in [2.45, 2.75) is 59.4 Å². The molecule has 14 heavy (non-hydrogen) atoms. The third-order valence-electron chi connectivity index (χ3n) is 2.87. The molecule has 84 valence electrons. The molecule has 0 spiro atoms. The van der Waals surface area contributed by atoms with Crippen LogP contribution in [0, 0.1) is 5.92 Å². The van der Waals surface area contributed by atoms with Crippen molar-refractivity contribution in [3.8, 4) is 0 Å². The van der Waals surface area contributed by atoms with Gasteiger partial charge in [-0.1, -0.05) is 26.7 Å². The van der Waals surface area contributed by atoms with E-state index in [9.17, 15) is 4.79 Å². The molecule has 2 heteroatoms. The molecule has 0 rings (SSSR count). The highest BCUT2D eigenvalue weighted by molar-refractivity contribution is 5.78. The highest BCUT2D eigenvalue weighted by atomic mass is 16.2. The fourth-order valence-electron chi connectivity index (χ4n) is 1.50. The number of unbranched alkanes of at least 4 members (excludes halogenated alkanes) is 1. The quantitative estimate of drug-likeness (QED) is 0.644. The number of hydrogen-bond donors (Lipinski definition) is 0. The number of nitrogens with zero attached hydrogens (tertiary/aromatic N) is 1. The van der Waals surface area contributed by atoms with Crippen LogP contribution in [0.5, 0.6) is 0 Å². The van der Waals surface area contributed by atoms with Gasteiger partial charge in [-0.05, 0) is 26.7 Å². The molecule has 0 bridgehead atoms. The van der Waals surface area contributed by atoms with Crippen LogP contribution in [0.25, 0.3) is 0 Å². The van der Waals surface area contributed by atoms with Gasteiger partial charge in [-0.2, -0.15) is 0 Å². The van der Waals surface area contributed by atoms with Crippen LogP contribution in [-0.4, -0.2) is 23.9 Å². The van der Waals surface area contributed by atoms with Gasteiger partial charge in [-0.25, -0.2) is 0 Å². The molecule has 0 aromatic carbocycles. The molecule has 0 radical (unpaired) electrons. The molecule has 0 N–H and O–H groups in total. The number of rotatable bonds is 6. The van der Waals surface area contributed by atoms with Crippen LogP contribution in [0.4, 0.5) is 0 Å². The second-order valence-corrected chi connectivity index (χ2v) is 4.29. The summed E-state index contributed by atoms with van der Waals surface area (Å²) in [5.74, 6) is 0.554. The summed E-state index contributed by atoms with van der Waals surface area (Å²) in [6, 6.07) is 0.318. The van der Waals surface area contributed by atoms with Crippen molar-refractivity contribution < 1.29 is 4.79 Å². The lowest BCUT2D eigenvalue weighted by Gasteiger charge is -2.26.